The van der Waals surface area contributed by atoms with Crippen LogP contribution in [-0.4, -0.2) is 52.6 Å². The first-order valence-corrected chi connectivity index (χ1v) is 10.0. The van der Waals surface area contributed by atoms with Crippen molar-refractivity contribution in [2.45, 2.75) is 31.2 Å². The van der Waals surface area contributed by atoms with Crippen LogP contribution in [0, 0.1) is 5.92 Å². The Kier molecular flexibility index (Phi) is 9.83. The van der Waals surface area contributed by atoms with Gasteiger partial charge in [-0.1, -0.05) is 19.1 Å². The zero-order valence-corrected chi connectivity index (χ0v) is 18.5. The third kappa shape index (κ3) is 7.01. The Labute approximate surface area is 173 Å². The average molecular weight is 496 g/mol. The lowest BCUT2D eigenvalue weighted by atomic mass is 10.0. The molecule has 0 bridgehead atoms. The first-order chi connectivity index (χ1) is 11.9. The second-order valence-electron chi connectivity index (χ2n) is 6.41. The Bertz CT molecular complexity index is 697. The number of hydrogen-bond donors (Lipinski definition) is 2. The zero-order chi connectivity index (χ0) is 18.3. The van der Waals surface area contributed by atoms with Gasteiger partial charge in [-0.25, -0.2) is 18.1 Å². The molecule has 1 aromatic carbocycles. The Balaban J connectivity index is 0.00000338. The summed E-state index contributed by atoms with van der Waals surface area (Å²) in [6, 6.07) is 6.77. The molecule has 26 heavy (non-hydrogen) atoms. The lowest BCUT2D eigenvalue weighted by Gasteiger charge is -2.31. The Morgan fingerprint density at radius 2 is 2.23 bits per heavy atom. The minimum atomic E-state index is -3.54. The molecule has 1 saturated heterocycles. The van der Waals surface area contributed by atoms with Crippen molar-refractivity contribution in [1.29, 1.82) is 0 Å². The molecule has 1 fully saturated rings. The molecule has 1 unspecified atom stereocenters. The predicted octanol–water partition coefficient (Wildman–Crippen LogP) is 1.78. The summed E-state index contributed by atoms with van der Waals surface area (Å²) in [6.45, 7) is 4.99. The van der Waals surface area contributed by atoms with Gasteiger partial charge < -0.3 is 15.4 Å². The van der Waals surface area contributed by atoms with Gasteiger partial charge in [0.25, 0.3) is 0 Å². The van der Waals surface area contributed by atoms with Crippen LogP contribution in [0.4, 0.5) is 0 Å². The molecule has 1 atom stereocenters. The molecule has 0 saturated carbocycles. The van der Waals surface area contributed by atoms with Gasteiger partial charge in [0.15, 0.2) is 5.96 Å². The maximum Gasteiger partial charge on any atom is 0.240 e. The van der Waals surface area contributed by atoms with E-state index >= 15 is 0 Å². The Morgan fingerprint density at radius 1 is 1.46 bits per heavy atom. The van der Waals surface area contributed by atoms with E-state index in [0.717, 1.165) is 25.1 Å². The molecule has 1 heterocycles. The monoisotopic (exact) mass is 496 g/mol. The van der Waals surface area contributed by atoms with E-state index < -0.39 is 10.0 Å². The maximum absolute atomic E-state index is 12.2. The van der Waals surface area contributed by atoms with Crippen LogP contribution in [0.25, 0.3) is 0 Å². The molecule has 2 rings (SSSR count). The number of rotatable bonds is 7. The fourth-order valence-corrected chi connectivity index (χ4v) is 3.93. The molecule has 3 N–H and O–H groups in total. The summed E-state index contributed by atoms with van der Waals surface area (Å²) in [4.78, 5) is 6.76. The van der Waals surface area contributed by atoms with Gasteiger partial charge in [0.05, 0.1) is 18.0 Å². The molecule has 1 aliphatic heterocycles. The lowest BCUT2D eigenvalue weighted by molar-refractivity contribution is 0.204. The van der Waals surface area contributed by atoms with E-state index in [0.29, 0.717) is 25.0 Å². The summed E-state index contributed by atoms with van der Waals surface area (Å²) in [5.41, 5.74) is 6.90. The largest absolute Gasteiger partial charge is 0.383 e. The highest BCUT2D eigenvalue weighted by molar-refractivity contribution is 14.0. The zero-order valence-electron chi connectivity index (χ0n) is 15.3. The number of halogens is 1. The molecule has 7 nitrogen and oxygen atoms in total. The van der Waals surface area contributed by atoms with Crippen molar-refractivity contribution in [2.24, 2.45) is 16.6 Å². The van der Waals surface area contributed by atoms with Crippen LogP contribution >= 0.6 is 24.0 Å². The number of benzene rings is 1. The van der Waals surface area contributed by atoms with E-state index in [1.807, 2.05) is 6.07 Å². The van der Waals surface area contributed by atoms with Crippen LogP contribution in [0.15, 0.2) is 34.2 Å². The number of likely N-dealkylation sites (tertiary alicyclic amines) is 1. The Morgan fingerprint density at radius 3 is 2.92 bits per heavy atom. The summed E-state index contributed by atoms with van der Waals surface area (Å²) in [6.07, 6.45) is 2.35. The second kappa shape index (κ2) is 11.1. The van der Waals surface area contributed by atoms with Gasteiger partial charge in [-0.05, 0) is 36.5 Å². The molecule has 0 amide bonds. The molecular formula is C17H29IN4O3S. The summed E-state index contributed by atoms with van der Waals surface area (Å²) in [5, 5.41) is 0. The van der Waals surface area contributed by atoms with Crippen molar-refractivity contribution in [1.82, 2.24) is 9.62 Å². The van der Waals surface area contributed by atoms with Crippen LogP contribution in [0.3, 0.4) is 0 Å². The standard InChI is InChI=1S/C17H28N4O3S.HI/c1-14-5-4-9-21(13-14)17(18)19-12-15-6-3-7-16(11-15)25(22,23)20-8-10-24-2;/h3,6-7,11,14,20H,4-5,8-10,12-13H2,1-2H3,(H2,18,19);1H. The number of guanidine groups is 1. The minimum absolute atomic E-state index is 0. The van der Waals surface area contributed by atoms with Crippen LogP contribution in [0.1, 0.15) is 25.3 Å². The SMILES string of the molecule is COCCNS(=O)(=O)c1cccc(CN=C(N)N2CCCC(C)C2)c1.I. The second-order valence-corrected chi connectivity index (χ2v) is 8.17. The first kappa shape index (κ1) is 23.1. The van der Waals surface area contributed by atoms with Gasteiger partial charge >= 0.3 is 0 Å². The molecule has 0 spiro atoms. The van der Waals surface area contributed by atoms with Crippen molar-refractivity contribution in [3.8, 4) is 0 Å². The quantitative estimate of drug-likeness (QED) is 0.260. The summed E-state index contributed by atoms with van der Waals surface area (Å²) in [7, 11) is -2.01. The number of nitrogens with two attached hydrogens (primary N) is 1. The molecule has 0 aromatic heterocycles. The topological polar surface area (TPSA) is 97.0 Å². The van der Waals surface area contributed by atoms with Gasteiger partial charge in [0, 0.05) is 26.7 Å². The van der Waals surface area contributed by atoms with Gasteiger partial charge in [-0.15, -0.1) is 24.0 Å². The van der Waals surface area contributed by atoms with Crippen LogP contribution in [-0.2, 0) is 21.3 Å². The van der Waals surface area contributed by atoms with E-state index in [4.69, 9.17) is 10.5 Å². The normalized spacial score (nSPS) is 18.5. The van der Waals surface area contributed by atoms with Crippen molar-refractivity contribution in [3.63, 3.8) is 0 Å². The number of nitrogens with one attached hydrogen (secondary N) is 1. The fraction of sp³-hybridized carbons (Fsp3) is 0.588. The molecule has 0 aliphatic carbocycles. The summed E-state index contributed by atoms with van der Waals surface area (Å²) >= 11 is 0. The lowest BCUT2D eigenvalue weighted by Crippen LogP contribution is -2.43. The number of methoxy groups -OCH3 is 1. The van der Waals surface area contributed by atoms with Crippen LogP contribution in [0.2, 0.25) is 0 Å². The number of hydrogen-bond acceptors (Lipinski definition) is 4. The predicted molar refractivity (Wildman–Crippen MR) is 114 cm³/mol. The molecule has 0 radical (unpaired) electrons. The third-order valence-electron chi connectivity index (χ3n) is 4.21. The van der Waals surface area contributed by atoms with Crippen LogP contribution < -0.4 is 10.5 Å². The molecule has 9 heteroatoms. The fourth-order valence-electron chi connectivity index (χ4n) is 2.84. The summed E-state index contributed by atoms with van der Waals surface area (Å²) < 4.78 is 31.9. The van der Waals surface area contributed by atoms with E-state index in [-0.39, 0.29) is 35.4 Å². The van der Waals surface area contributed by atoms with E-state index in [9.17, 15) is 8.42 Å². The molecule has 1 aromatic rings. The highest BCUT2D eigenvalue weighted by atomic mass is 127. The number of piperidine rings is 1. The average Bonchev–Trinajstić information content (AvgIpc) is 2.60. The highest BCUT2D eigenvalue weighted by Gasteiger charge is 2.18. The first-order valence-electron chi connectivity index (χ1n) is 8.55. The third-order valence-corrected chi connectivity index (χ3v) is 5.67. The summed E-state index contributed by atoms with van der Waals surface area (Å²) in [5.74, 6) is 1.15. The Hall–Kier alpha value is -0.910. The smallest absolute Gasteiger partial charge is 0.240 e. The van der Waals surface area contributed by atoms with Gasteiger partial charge in [-0.3, -0.25) is 0 Å². The van der Waals surface area contributed by atoms with Gasteiger partial charge in [0.1, 0.15) is 0 Å². The van der Waals surface area contributed by atoms with Crippen LogP contribution in [0.5, 0.6) is 0 Å². The minimum Gasteiger partial charge on any atom is -0.383 e. The molecule has 148 valence electrons. The van der Waals surface area contributed by atoms with Crippen molar-refractivity contribution in [3.05, 3.63) is 29.8 Å². The van der Waals surface area contributed by atoms with Gasteiger partial charge in [-0.2, -0.15) is 0 Å². The maximum atomic E-state index is 12.2. The molecular weight excluding hydrogens is 467 g/mol. The molecule has 1 aliphatic rings. The van der Waals surface area contributed by atoms with E-state index in [1.54, 1.807) is 18.2 Å². The van der Waals surface area contributed by atoms with Gasteiger partial charge in [0.2, 0.25) is 10.0 Å². The van der Waals surface area contributed by atoms with E-state index in [1.165, 1.54) is 13.5 Å². The highest BCUT2D eigenvalue weighted by Crippen LogP contribution is 2.16. The van der Waals surface area contributed by atoms with Crippen molar-refractivity contribution in [2.75, 3.05) is 33.4 Å². The number of sulfonamides is 1. The van der Waals surface area contributed by atoms with E-state index in [2.05, 4.69) is 21.5 Å². The number of nitrogens with zero attached hydrogens (tertiary/aromatic N) is 2. The van der Waals surface area contributed by atoms with Crippen molar-refractivity contribution >= 4 is 40.0 Å². The number of ether oxygens (including phenoxy) is 1. The number of aliphatic imine (C=N–C) groups is 1. The van der Waals surface area contributed by atoms with Crippen molar-refractivity contribution < 1.29 is 13.2 Å².